The largest absolute Gasteiger partial charge is 0.479 e. The molecule has 17 heteroatoms. The highest BCUT2D eigenvalue weighted by atomic mass is 32.2. The predicted molar refractivity (Wildman–Crippen MR) is 253 cm³/mol. The summed E-state index contributed by atoms with van der Waals surface area (Å²) in [5.74, 6) is -2.21. The van der Waals surface area contributed by atoms with Gasteiger partial charge in [-0.2, -0.15) is 13.2 Å². The van der Waals surface area contributed by atoms with Crippen LogP contribution in [0, 0.1) is 57.2 Å². The summed E-state index contributed by atoms with van der Waals surface area (Å²) in [6, 6.07) is 4.46. The van der Waals surface area contributed by atoms with E-state index < -0.39 is 91.6 Å². The Bertz CT molecular complexity index is 2450. The average Bonchev–Trinajstić information content (AvgIpc) is 3.84. The Kier molecular flexibility index (Phi) is 13.8. The fourth-order valence-electron chi connectivity index (χ4n) is 15.4. The lowest BCUT2D eigenvalue weighted by molar-refractivity contribution is -0.203. The number of carbonyl (C=O) groups excluding carboxylic acids is 4. The first kappa shape index (κ1) is 53.8. The number of fused-ring (bicyclic) bond motifs is 12. The molecule has 0 radical (unpaired) electrons. The minimum Gasteiger partial charge on any atom is -0.479 e. The number of amides is 1. The Balaban J connectivity index is 0.000000222. The van der Waals surface area contributed by atoms with Gasteiger partial charge in [-0.15, -0.1) is 0 Å². The van der Waals surface area contributed by atoms with Gasteiger partial charge in [0.2, 0.25) is 5.12 Å². The van der Waals surface area contributed by atoms with Crippen molar-refractivity contribution in [1.82, 2.24) is 4.90 Å². The Morgan fingerprint density at radius 1 is 0.771 bits per heavy atom. The van der Waals surface area contributed by atoms with Crippen molar-refractivity contribution in [3.05, 3.63) is 83.0 Å². The summed E-state index contributed by atoms with van der Waals surface area (Å²) in [6.07, 6.45) is 4.61. The van der Waals surface area contributed by atoms with Gasteiger partial charge in [-0.05, 0) is 111 Å². The molecule has 1 aromatic carbocycles. The number of ether oxygens (including phenoxy) is 2. The van der Waals surface area contributed by atoms with Gasteiger partial charge >= 0.3 is 12.1 Å². The maximum atomic E-state index is 14.2. The molecule has 1 unspecified atom stereocenters. The van der Waals surface area contributed by atoms with Crippen LogP contribution in [0.4, 0.5) is 18.0 Å². The van der Waals surface area contributed by atoms with E-state index in [4.69, 9.17) is 9.47 Å². The van der Waals surface area contributed by atoms with Crippen molar-refractivity contribution in [2.45, 2.75) is 142 Å². The van der Waals surface area contributed by atoms with E-state index >= 15 is 0 Å². The number of alkyl halides is 3. The molecule has 6 saturated carbocycles. The number of ketones is 2. The molecule has 17 atom stereocenters. The molecule has 13 nitrogen and oxygen atoms in total. The number of carboxylic acid groups (broad SMARTS) is 1. The molecular weight excluding hydrogens is 932 g/mol. The van der Waals surface area contributed by atoms with Gasteiger partial charge in [0, 0.05) is 64.9 Å². The Hall–Kier alpha value is -3.97. The second kappa shape index (κ2) is 17.9. The molecule has 1 saturated heterocycles. The number of aliphatic hydroxyl groups is 4. The quantitative estimate of drug-likeness (QED) is 0.195. The van der Waals surface area contributed by atoms with Crippen LogP contribution in [0.25, 0.3) is 0 Å². The molecule has 7 fully saturated rings. The van der Waals surface area contributed by atoms with Crippen molar-refractivity contribution in [2.24, 2.45) is 57.2 Å². The van der Waals surface area contributed by atoms with Gasteiger partial charge in [-0.1, -0.05) is 78.0 Å². The van der Waals surface area contributed by atoms with Gasteiger partial charge in [0.05, 0.1) is 30.0 Å². The lowest BCUT2D eigenvalue weighted by Crippen LogP contribution is -2.63. The number of aliphatic hydroxyl groups excluding tert-OH is 3. The summed E-state index contributed by atoms with van der Waals surface area (Å²) in [5, 5.41) is 52.9. The van der Waals surface area contributed by atoms with Gasteiger partial charge in [0.15, 0.2) is 29.1 Å². The number of nitrogens with zero attached hydrogens (tertiary/aromatic N) is 1. The summed E-state index contributed by atoms with van der Waals surface area (Å²) in [6.45, 7) is 7.69. The molecule has 8 aliphatic carbocycles. The van der Waals surface area contributed by atoms with Crippen LogP contribution in [0.2, 0.25) is 0 Å². The first-order valence-corrected chi connectivity index (χ1v) is 24.3. The van der Waals surface area contributed by atoms with Crippen molar-refractivity contribution >= 4 is 39.7 Å². The lowest BCUT2D eigenvalue weighted by atomic mass is 9.46. The maximum Gasteiger partial charge on any atom is 0.416 e. The molecule has 0 bridgehead atoms. The topological polar surface area (TPSA) is 208 Å². The molecule has 9 aliphatic rings. The molecule has 70 heavy (non-hydrogen) atoms. The third-order valence-electron chi connectivity index (χ3n) is 18.6. The number of hydrogen-bond donors (Lipinski definition) is 5. The van der Waals surface area contributed by atoms with Crippen molar-refractivity contribution in [3.63, 3.8) is 0 Å². The Labute approximate surface area is 411 Å². The summed E-state index contributed by atoms with van der Waals surface area (Å²) in [5.41, 5.74) is -5.30. The van der Waals surface area contributed by atoms with E-state index in [1.54, 1.807) is 45.3 Å². The summed E-state index contributed by atoms with van der Waals surface area (Å²) >= 11 is 0.533. The van der Waals surface area contributed by atoms with E-state index in [-0.39, 0.29) is 81.2 Å². The number of allylic oxidation sites excluding steroid dienone is 8. The standard InChI is InChI=1S/C31H34F3NO6S.C20H26O6.2CH4/c1-28-12-11-19(36)13-18(28)9-10-20-21-14-23-30(26(38)42-27(39)35(3)4,29(21,2)15-22(37)24(20)28)41-25(40-23)16-5-7-17(8-6-16)31(32,33)34;1-18-6-5-11(21)7-10(18)3-4-12-13-8-15(23)20(26,17(24)25)19(13,2)9-14(22)16(12)18;;/h5-8,11-13,20-25,37H,9-10,14-15H2,1-4H3;5-7,12-16,22-23,26H,3-4,8-9H2,1-2H3,(H,24,25);2*1H4/t20-,21-,22-,23+,24+,25?,28-,29-,30-;12-,13-,14-,15+,16+,18-,19-,20-;;/m00../s1. The zero-order valence-corrected chi connectivity index (χ0v) is 39.7. The van der Waals surface area contributed by atoms with Gasteiger partial charge in [-0.3, -0.25) is 19.2 Å². The van der Waals surface area contributed by atoms with Crippen LogP contribution >= 0.6 is 11.8 Å². The SMILES string of the molecule is C.C.CN(C)C(=O)SC(=O)[C@@]12OC(c3ccc(C(F)(F)F)cc3)O[C@@H]1C[C@H]1[C@@H]3CCC4=CC(=O)C=C[C@]4(C)[C@H]3[C@@H](O)C[C@@]12C.C[C@]12C=CC(=O)C=C1CC[C@@H]1[C@@H]2[C@@H](O)C[C@@]2(C)[C@H]1C[C@@H](O)[C@]2(O)C(=O)O. The van der Waals surface area contributed by atoms with Gasteiger partial charge in [0.25, 0.3) is 5.24 Å². The summed E-state index contributed by atoms with van der Waals surface area (Å²) in [7, 11) is 3.08. The molecule has 0 aromatic heterocycles. The molecule has 10 rings (SSSR count). The molecule has 0 spiro atoms. The summed E-state index contributed by atoms with van der Waals surface area (Å²) in [4.78, 5) is 64.0. The fraction of sp³-hybridized carbons (Fsp3) is 0.642. The van der Waals surface area contributed by atoms with Crippen LogP contribution < -0.4 is 0 Å². The molecule has 1 heterocycles. The van der Waals surface area contributed by atoms with Gasteiger partial charge in [0.1, 0.15) is 0 Å². The number of benzene rings is 1. The molecule has 1 amide bonds. The monoisotopic (exact) mass is 999 g/mol. The number of carboxylic acids is 1. The Morgan fingerprint density at radius 2 is 1.26 bits per heavy atom. The zero-order chi connectivity index (χ0) is 49.5. The minimum absolute atomic E-state index is 0. The predicted octanol–water partition coefficient (Wildman–Crippen LogP) is 8.01. The van der Waals surface area contributed by atoms with E-state index in [0.29, 0.717) is 49.4 Å². The van der Waals surface area contributed by atoms with E-state index in [1.165, 1.54) is 17.0 Å². The number of aliphatic carboxylic acids is 1. The van der Waals surface area contributed by atoms with Crippen LogP contribution in [-0.4, -0.2) is 108 Å². The molecular formula is C53H68F3NO12S. The minimum atomic E-state index is -4.51. The van der Waals surface area contributed by atoms with Crippen molar-refractivity contribution in [2.75, 3.05) is 14.1 Å². The number of halogens is 3. The molecule has 1 aliphatic heterocycles. The first-order chi connectivity index (χ1) is 31.7. The van der Waals surface area contributed by atoms with Gasteiger partial charge < -0.3 is 39.9 Å². The average molecular weight is 1000 g/mol. The molecule has 384 valence electrons. The highest BCUT2D eigenvalue weighted by molar-refractivity contribution is 8.26. The van der Waals surface area contributed by atoms with E-state index in [9.17, 15) is 62.7 Å². The lowest BCUT2D eigenvalue weighted by Gasteiger charge is -2.59. The maximum absolute atomic E-state index is 14.2. The van der Waals surface area contributed by atoms with Crippen molar-refractivity contribution in [1.29, 1.82) is 0 Å². The van der Waals surface area contributed by atoms with Crippen molar-refractivity contribution in [3.8, 4) is 0 Å². The number of rotatable bonds is 3. The van der Waals surface area contributed by atoms with Crippen molar-refractivity contribution < 1.29 is 72.2 Å². The second-order valence-electron chi connectivity index (χ2n) is 22.0. The highest BCUT2D eigenvalue weighted by Crippen LogP contribution is 2.72. The molecule has 5 N–H and O–H groups in total. The number of carbonyl (C=O) groups is 5. The highest BCUT2D eigenvalue weighted by Gasteiger charge is 2.77. The normalized spacial score (nSPS) is 43.9. The van der Waals surface area contributed by atoms with Gasteiger partial charge in [-0.25, -0.2) is 4.79 Å². The van der Waals surface area contributed by atoms with Crippen LogP contribution in [0.3, 0.4) is 0 Å². The third kappa shape index (κ3) is 7.59. The number of thioether (sulfide) groups is 1. The second-order valence-corrected chi connectivity index (χ2v) is 22.9. The molecule has 1 aromatic rings. The van der Waals surface area contributed by atoms with Crippen LogP contribution in [0.5, 0.6) is 0 Å². The first-order valence-electron chi connectivity index (χ1n) is 23.5. The number of hydrogen-bond acceptors (Lipinski definition) is 12. The van der Waals surface area contributed by atoms with Crippen LogP contribution in [0.1, 0.15) is 111 Å². The summed E-state index contributed by atoms with van der Waals surface area (Å²) < 4.78 is 52.5. The zero-order valence-electron chi connectivity index (χ0n) is 38.9. The van der Waals surface area contributed by atoms with Crippen LogP contribution in [0.15, 0.2) is 71.9 Å². The Morgan fingerprint density at radius 3 is 1.73 bits per heavy atom. The third-order valence-corrected chi connectivity index (χ3v) is 19.7. The van der Waals surface area contributed by atoms with E-state index in [0.717, 1.165) is 23.3 Å². The van der Waals surface area contributed by atoms with E-state index in [1.807, 2.05) is 26.0 Å². The van der Waals surface area contributed by atoms with Crippen LogP contribution in [-0.2, 0) is 34.8 Å². The smallest absolute Gasteiger partial charge is 0.416 e. The van der Waals surface area contributed by atoms with E-state index in [2.05, 4.69) is 6.92 Å². The fourth-order valence-corrected chi connectivity index (χ4v) is 16.3.